The number of phosphoric ester groups is 1. The van der Waals surface area contributed by atoms with Crippen molar-refractivity contribution in [2.75, 3.05) is 26.4 Å². The Labute approximate surface area is 550 Å². The Hall–Kier alpha value is -3.07. The second-order valence-electron chi connectivity index (χ2n) is 25.1. The summed E-state index contributed by atoms with van der Waals surface area (Å²) in [4.78, 5) is 35.4. The number of hydrogen-bond donors (Lipinski definition) is 2. The van der Waals surface area contributed by atoms with E-state index in [0.717, 1.165) is 96.3 Å². The minimum absolute atomic E-state index is 0.0453. The number of hydrogen-bond acceptors (Lipinski definition) is 8. The first-order valence-corrected chi connectivity index (χ1v) is 39.2. The van der Waals surface area contributed by atoms with E-state index in [0.29, 0.717) is 6.42 Å². The van der Waals surface area contributed by atoms with Gasteiger partial charge in [0.25, 0.3) is 0 Å². The van der Waals surface area contributed by atoms with Crippen LogP contribution >= 0.6 is 7.82 Å². The standard InChI is InChI=1S/C79H142NO8P/c1-3-5-7-9-11-13-15-17-19-21-23-25-27-29-31-33-34-35-36-37-38-39-40-41-42-44-45-47-49-51-53-55-57-59-61-63-65-67-69-71-78(81)85-75-77(76-87-89(83,84)86-74-73-80)88-79(82)72-70-68-66-64-62-60-58-56-54-52-50-48-46-43-32-30-28-26-24-22-20-18-16-14-12-10-8-6-4-2/h6,8,12,14,18,20,24,26,30,32,46,48,52,54,58,60,77H,3-5,7,9-11,13,15-17,19,21-23,25,27-29,31,33-45,47,49-51,53,55-57,59,61-76,80H2,1-2H3,(H,83,84)/b8-6-,14-12-,20-18-,26-24-,32-30-,48-46-,54-52-,60-58-. The highest BCUT2D eigenvalue weighted by molar-refractivity contribution is 7.47. The third-order valence-electron chi connectivity index (χ3n) is 16.5. The molecule has 0 aromatic rings. The van der Waals surface area contributed by atoms with Gasteiger partial charge in [-0.15, -0.1) is 0 Å². The molecule has 0 radical (unpaired) electrons. The molecular formula is C79H142NO8P. The summed E-state index contributed by atoms with van der Waals surface area (Å²) in [6.07, 6.45) is 101. The fourth-order valence-corrected chi connectivity index (χ4v) is 11.7. The van der Waals surface area contributed by atoms with Crippen molar-refractivity contribution < 1.29 is 37.6 Å². The van der Waals surface area contributed by atoms with Crippen molar-refractivity contribution in [3.05, 3.63) is 97.2 Å². The Balaban J connectivity index is 3.84. The summed E-state index contributed by atoms with van der Waals surface area (Å²) in [6, 6.07) is 0. The summed E-state index contributed by atoms with van der Waals surface area (Å²) < 4.78 is 33.2. The Morgan fingerprint density at radius 3 is 0.921 bits per heavy atom. The van der Waals surface area contributed by atoms with Crippen molar-refractivity contribution in [2.45, 2.75) is 367 Å². The molecule has 0 heterocycles. The van der Waals surface area contributed by atoms with Crippen molar-refractivity contribution in [1.82, 2.24) is 0 Å². The second kappa shape index (κ2) is 74.0. The van der Waals surface area contributed by atoms with Crippen molar-refractivity contribution in [2.24, 2.45) is 5.73 Å². The average Bonchev–Trinajstić information content (AvgIpc) is 3.68. The molecule has 10 heteroatoms. The lowest BCUT2D eigenvalue weighted by Gasteiger charge is -2.19. The van der Waals surface area contributed by atoms with E-state index in [9.17, 15) is 19.0 Å². The van der Waals surface area contributed by atoms with Crippen LogP contribution in [0.4, 0.5) is 0 Å². The molecule has 0 saturated carbocycles. The lowest BCUT2D eigenvalue weighted by atomic mass is 10.0. The number of nitrogens with two attached hydrogens (primary N) is 1. The van der Waals surface area contributed by atoms with E-state index in [1.54, 1.807) is 0 Å². The summed E-state index contributed by atoms with van der Waals surface area (Å²) in [5.41, 5.74) is 5.40. The van der Waals surface area contributed by atoms with Gasteiger partial charge in [0, 0.05) is 19.4 Å². The number of carbonyl (C=O) groups excluding carboxylic acids is 2. The van der Waals surface area contributed by atoms with E-state index < -0.39 is 26.5 Å². The Bertz CT molecular complexity index is 1780. The maximum Gasteiger partial charge on any atom is 0.472 e. The molecule has 0 amide bonds. The van der Waals surface area contributed by atoms with Gasteiger partial charge in [-0.05, 0) is 77.0 Å². The smallest absolute Gasteiger partial charge is 0.462 e. The van der Waals surface area contributed by atoms with E-state index in [-0.39, 0.29) is 38.6 Å². The van der Waals surface area contributed by atoms with Gasteiger partial charge in [-0.1, -0.05) is 368 Å². The van der Waals surface area contributed by atoms with E-state index in [2.05, 4.69) is 111 Å². The number of esters is 2. The van der Waals surface area contributed by atoms with Gasteiger partial charge >= 0.3 is 19.8 Å². The van der Waals surface area contributed by atoms with Gasteiger partial charge in [0.1, 0.15) is 6.61 Å². The van der Waals surface area contributed by atoms with Gasteiger partial charge < -0.3 is 20.1 Å². The summed E-state index contributed by atoms with van der Waals surface area (Å²) >= 11 is 0. The first kappa shape index (κ1) is 85.9. The Morgan fingerprint density at radius 1 is 0.348 bits per heavy atom. The molecule has 9 nitrogen and oxygen atoms in total. The molecule has 0 aromatic carbocycles. The molecule has 0 saturated heterocycles. The van der Waals surface area contributed by atoms with Crippen LogP contribution in [0.15, 0.2) is 97.2 Å². The molecule has 3 N–H and O–H groups in total. The van der Waals surface area contributed by atoms with Crippen molar-refractivity contribution in [3.63, 3.8) is 0 Å². The predicted molar refractivity (Wildman–Crippen MR) is 385 cm³/mol. The zero-order chi connectivity index (χ0) is 64.4. The lowest BCUT2D eigenvalue weighted by Crippen LogP contribution is -2.29. The number of unbranched alkanes of at least 4 members (excludes halogenated alkanes) is 42. The fraction of sp³-hybridized carbons (Fsp3) is 0.772. The van der Waals surface area contributed by atoms with Crippen molar-refractivity contribution in [1.29, 1.82) is 0 Å². The minimum atomic E-state index is -4.41. The molecule has 0 aromatic heterocycles. The molecule has 0 aliphatic carbocycles. The van der Waals surface area contributed by atoms with Crippen LogP contribution < -0.4 is 5.73 Å². The molecule has 0 rings (SSSR count). The van der Waals surface area contributed by atoms with Gasteiger partial charge in [0.05, 0.1) is 13.2 Å². The van der Waals surface area contributed by atoms with Gasteiger partial charge in [0.15, 0.2) is 6.10 Å². The first-order chi connectivity index (χ1) is 43.8. The van der Waals surface area contributed by atoms with Crippen LogP contribution in [0.3, 0.4) is 0 Å². The highest BCUT2D eigenvalue weighted by atomic mass is 31.2. The fourth-order valence-electron chi connectivity index (χ4n) is 11.0. The molecule has 0 spiro atoms. The van der Waals surface area contributed by atoms with E-state index in [1.165, 1.54) is 231 Å². The average molecular weight is 1260 g/mol. The Morgan fingerprint density at radius 2 is 0.618 bits per heavy atom. The molecule has 0 bridgehead atoms. The molecule has 0 aliphatic heterocycles. The SMILES string of the molecule is CC/C=C\C/C=C\C/C=C\C/C=C\C/C=C\C/C=C\C/C=C\C/C=C\CCCCCCC(=O)OC(COC(=O)CCCCCCCCCCCCCCCCCCCCCCCCCCCCCCCCCCCCCCCCC)COP(=O)(O)OCCN. The number of phosphoric acid groups is 1. The quantitative estimate of drug-likeness (QED) is 0.0264. The van der Waals surface area contributed by atoms with E-state index >= 15 is 0 Å². The van der Waals surface area contributed by atoms with Gasteiger partial charge in [-0.3, -0.25) is 18.6 Å². The number of rotatable bonds is 71. The summed E-state index contributed by atoms with van der Waals surface area (Å²) in [5.74, 6) is -0.849. The van der Waals surface area contributed by atoms with Crippen LogP contribution in [0, 0.1) is 0 Å². The zero-order valence-corrected chi connectivity index (χ0v) is 59.1. The number of ether oxygens (including phenoxy) is 2. The number of carbonyl (C=O) groups is 2. The molecular weight excluding hydrogens is 1120 g/mol. The molecule has 2 unspecified atom stereocenters. The normalized spacial score (nSPS) is 13.4. The summed E-state index contributed by atoms with van der Waals surface area (Å²) in [6.45, 7) is 3.64. The maximum absolute atomic E-state index is 12.8. The van der Waals surface area contributed by atoms with E-state index in [4.69, 9.17) is 24.3 Å². The summed E-state index contributed by atoms with van der Waals surface area (Å²) in [5, 5.41) is 0. The van der Waals surface area contributed by atoms with Crippen LogP contribution in [-0.2, 0) is 32.7 Å². The van der Waals surface area contributed by atoms with Crippen LogP contribution in [0.2, 0.25) is 0 Å². The van der Waals surface area contributed by atoms with Crippen LogP contribution in [0.25, 0.3) is 0 Å². The topological polar surface area (TPSA) is 134 Å². The van der Waals surface area contributed by atoms with Crippen LogP contribution in [-0.4, -0.2) is 49.3 Å². The highest BCUT2D eigenvalue weighted by Gasteiger charge is 2.26. The monoisotopic (exact) mass is 1260 g/mol. The highest BCUT2D eigenvalue weighted by Crippen LogP contribution is 2.43. The van der Waals surface area contributed by atoms with E-state index in [1.807, 2.05) is 0 Å². The largest absolute Gasteiger partial charge is 0.472 e. The molecule has 2 atom stereocenters. The predicted octanol–water partition coefficient (Wildman–Crippen LogP) is 25.1. The zero-order valence-electron chi connectivity index (χ0n) is 58.2. The molecule has 0 aliphatic rings. The number of allylic oxidation sites excluding steroid dienone is 16. The van der Waals surface area contributed by atoms with Gasteiger partial charge in [-0.2, -0.15) is 0 Å². The molecule has 0 fully saturated rings. The summed E-state index contributed by atoms with van der Waals surface area (Å²) in [7, 11) is -4.41. The van der Waals surface area contributed by atoms with Crippen LogP contribution in [0.1, 0.15) is 361 Å². The Kier molecular flexibility index (Phi) is 71.4. The van der Waals surface area contributed by atoms with Crippen molar-refractivity contribution in [3.8, 4) is 0 Å². The molecule has 89 heavy (non-hydrogen) atoms. The van der Waals surface area contributed by atoms with Crippen LogP contribution in [0.5, 0.6) is 0 Å². The lowest BCUT2D eigenvalue weighted by molar-refractivity contribution is -0.161. The third-order valence-corrected chi connectivity index (χ3v) is 17.5. The maximum atomic E-state index is 12.8. The first-order valence-electron chi connectivity index (χ1n) is 37.7. The van der Waals surface area contributed by atoms with Gasteiger partial charge in [0.2, 0.25) is 0 Å². The van der Waals surface area contributed by atoms with Gasteiger partial charge in [-0.25, -0.2) is 4.57 Å². The molecule has 516 valence electrons. The van der Waals surface area contributed by atoms with Crippen molar-refractivity contribution >= 4 is 19.8 Å². The minimum Gasteiger partial charge on any atom is -0.462 e. The third kappa shape index (κ3) is 73.9. The second-order valence-corrected chi connectivity index (χ2v) is 26.6.